The van der Waals surface area contributed by atoms with Crippen LogP contribution in [0.1, 0.15) is 11.3 Å². The lowest BCUT2D eigenvalue weighted by Crippen LogP contribution is -2.23. The van der Waals surface area contributed by atoms with Crippen molar-refractivity contribution in [3.63, 3.8) is 0 Å². The van der Waals surface area contributed by atoms with E-state index in [0.29, 0.717) is 11.5 Å². The molecule has 0 spiro atoms. The number of nitrogens with one attached hydrogen (secondary N) is 1. The molecule has 3 aromatic rings. The summed E-state index contributed by atoms with van der Waals surface area (Å²) in [6, 6.07) is 9.48. The van der Waals surface area contributed by atoms with Crippen molar-refractivity contribution < 1.29 is 12.9 Å². The number of hydrogen-bond donors (Lipinski definition) is 1. The van der Waals surface area contributed by atoms with E-state index in [2.05, 4.69) is 9.88 Å². The molecule has 2 aromatic heterocycles. The van der Waals surface area contributed by atoms with Crippen LogP contribution in [0.25, 0.3) is 11.3 Å². The molecule has 5 nitrogen and oxygen atoms in total. The van der Waals surface area contributed by atoms with E-state index in [1.54, 1.807) is 0 Å². The minimum Gasteiger partial charge on any atom is -0.356 e. The van der Waals surface area contributed by atoms with Crippen LogP contribution in [0.2, 0.25) is 10.0 Å². The molecule has 0 aliphatic heterocycles. The third-order valence-electron chi connectivity index (χ3n) is 3.39. The lowest BCUT2D eigenvalue weighted by Gasteiger charge is -2.04. The van der Waals surface area contributed by atoms with Gasteiger partial charge in [0.05, 0.1) is 16.6 Å². The minimum absolute atomic E-state index is 0.00362. The Morgan fingerprint density at radius 3 is 2.58 bits per heavy atom. The van der Waals surface area contributed by atoms with E-state index in [0.717, 1.165) is 22.5 Å². The average molecular weight is 403 g/mol. The van der Waals surface area contributed by atoms with Crippen molar-refractivity contribution in [3.8, 4) is 11.3 Å². The second kappa shape index (κ2) is 6.85. The van der Waals surface area contributed by atoms with E-state index in [1.165, 1.54) is 5.38 Å². The standard InChI is InChI=1S/C15H12Cl2N2O3S2/c1-9-12(19-22-14(9)10-5-3-2-4-6-10)7-18-24(20,21)15-13(17)11(16)8-23-15/h2-6,8,18H,7H2,1H3. The monoisotopic (exact) mass is 402 g/mol. The van der Waals surface area contributed by atoms with E-state index in [4.69, 9.17) is 27.7 Å². The van der Waals surface area contributed by atoms with Crippen molar-refractivity contribution in [1.82, 2.24) is 9.88 Å². The summed E-state index contributed by atoms with van der Waals surface area (Å²) in [6.45, 7) is 1.83. The summed E-state index contributed by atoms with van der Waals surface area (Å²) < 4.78 is 32.5. The summed E-state index contributed by atoms with van der Waals surface area (Å²) in [7, 11) is -3.77. The quantitative estimate of drug-likeness (QED) is 0.681. The van der Waals surface area contributed by atoms with Crippen molar-refractivity contribution in [2.75, 3.05) is 0 Å². The highest BCUT2D eigenvalue weighted by Crippen LogP contribution is 2.35. The van der Waals surface area contributed by atoms with Crippen LogP contribution in [0, 0.1) is 6.92 Å². The Morgan fingerprint density at radius 1 is 1.25 bits per heavy atom. The smallest absolute Gasteiger partial charge is 0.251 e. The van der Waals surface area contributed by atoms with Gasteiger partial charge in [0.2, 0.25) is 0 Å². The minimum atomic E-state index is -3.77. The predicted molar refractivity (Wildman–Crippen MR) is 95.0 cm³/mol. The van der Waals surface area contributed by atoms with E-state index in [9.17, 15) is 8.42 Å². The molecule has 0 saturated carbocycles. The molecule has 3 rings (SSSR count). The summed E-state index contributed by atoms with van der Waals surface area (Å²) in [5.41, 5.74) is 2.17. The van der Waals surface area contributed by atoms with Crippen molar-refractivity contribution in [3.05, 3.63) is 57.0 Å². The molecule has 0 aliphatic rings. The largest absolute Gasteiger partial charge is 0.356 e. The molecule has 126 valence electrons. The molecule has 0 aliphatic carbocycles. The van der Waals surface area contributed by atoms with Gasteiger partial charge in [-0.05, 0) is 6.92 Å². The van der Waals surface area contributed by atoms with Gasteiger partial charge < -0.3 is 4.52 Å². The molecule has 0 fully saturated rings. The highest BCUT2D eigenvalue weighted by Gasteiger charge is 2.23. The van der Waals surface area contributed by atoms with E-state index in [1.807, 2.05) is 37.3 Å². The summed E-state index contributed by atoms with van der Waals surface area (Å²) in [4.78, 5) is 0. The summed E-state index contributed by atoms with van der Waals surface area (Å²) in [5, 5.41) is 5.68. The number of rotatable bonds is 5. The predicted octanol–water partition coefficient (Wildman–Crippen LogP) is 4.50. The summed E-state index contributed by atoms with van der Waals surface area (Å²) in [5.74, 6) is 0.613. The van der Waals surface area contributed by atoms with Crippen molar-refractivity contribution in [1.29, 1.82) is 0 Å². The Hall–Kier alpha value is -1.38. The molecule has 2 heterocycles. The second-order valence-electron chi connectivity index (χ2n) is 4.96. The lowest BCUT2D eigenvalue weighted by molar-refractivity contribution is 0.422. The Morgan fingerprint density at radius 2 is 1.96 bits per heavy atom. The van der Waals surface area contributed by atoms with Crippen molar-refractivity contribution in [2.24, 2.45) is 0 Å². The molecule has 1 aromatic carbocycles. The zero-order valence-electron chi connectivity index (χ0n) is 12.4. The number of hydrogen-bond acceptors (Lipinski definition) is 5. The molecule has 9 heteroatoms. The fourth-order valence-corrected chi connectivity index (χ4v) is 5.18. The Balaban J connectivity index is 1.81. The molecule has 1 N–H and O–H groups in total. The van der Waals surface area contributed by atoms with Gasteiger partial charge in [-0.25, -0.2) is 13.1 Å². The third-order valence-corrected chi connectivity index (χ3v) is 7.46. The second-order valence-corrected chi connectivity index (χ2v) is 8.59. The van der Waals surface area contributed by atoms with Gasteiger partial charge in [-0.3, -0.25) is 0 Å². The SMILES string of the molecule is Cc1c(CNS(=O)(=O)c2scc(Cl)c2Cl)noc1-c1ccccc1. The van der Waals surface area contributed by atoms with Crippen LogP contribution < -0.4 is 4.72 Å². The van der Waals surface area contributed by atoms with Crippen molar-refractivity contribution in [2.45, 2.75) is 17.7 Å². The van der Waals surface area contributed by atoms with Crippen LogP contribution in [-0.2, 0) is 16.6 Å². The van der Waals surface area contributed by atoms with Crippen molar-refractivity contribution >= 4 is 44.6 Å². The molecular formula is C15H12Cl2N2O3S2. The zero-order valence-corrected chi connectivity index (χ0v) is 15.6. The fourth-order valence-electron chi connectivity index (χ4n) is 2.11. The van der Waals surface area contributed by atoms with Crippen LogP contribution in [0.15, 0.2) is 44.4 Å². The first-order valence-corrected chi connectivity index (χ1v) is 9.94. The highest BCUT2D eigenvalue weighted by atomic mass is 35.5. The highest BCUT2D eigenvalue weighted by molar-refractivity contribution is 7.91. The maximum Gasteiger partial charge on any atom is 0.251 e. The molecule has 0 radical (unpaired) electrons. The first-order valence-electron chi connectivity index (χ1n) is 6.83. The van der Waals surface area contributed by atoms with Crippen LogP contribution >= 0.6 is 34.5 Å². The van der Waals surface area contributed by atoms with E-state index >= 15 is 0 Å². The number of nitrogens with zero attached hydrogens (tertiary/aromatic N) is 1. The number of aromatic nitrogens is 1. The van der Waals surface area contributed by atoms with E-state index in [-0.39, 0.29) is 20.8 Å². The zero-order chi connectivity index (χ0) is 17.3. The average Bonchev–Trinajstić information content (AvgIpc) is 3.10. The lowest BCUT2D eigenvalue weighted by atomic mass is 10.1. The first kappa shape index (κ1) is 17.4. The number of sulfonamides is 1. The Labute approximate surface area is 153 Å². The topological polar surface area (TPSA) is 72.2 Å². The summed E-state index contributed by atoms with van der Waals surface area (Å²) in [6.07, 6.45) is 0. The van der Waals surface area contributed by atoms with Gasteiger partial charge in [0.15, 0.2) is 9.97 Å². The maximum atomic E-state index is 12.3. The molecule has 0 saturated heterocycles. The molecule has 0 amide bonds. The van der Waals surface area contributed by atoms with Gasteiger partial charge in [0, 0.05) is 16.5 Å². The Kier molecular flexibility index (Phi) is 4.98. The molecule has 24 heavy (non-hydrogen) atoms. The van der Waals surface area contributed by atoms with Gasteiger partial charge in [0.1, 0.15) is 5.69 Å². The maximum absolute atomic E-state index is 12.3. The van der Waals surface area contributed by atoms with E-state index < -0.39 is 10.0 Å². The van der Waals surface area contributed by atoms with Crippen LogP contribution in [0.4, 0.5) is 0 Å². The molecule has 0 bridgehead atoms. The molecular weight excluding hydrogens is 391 g/mol. The van der Waals surface area contributed by atoms with Crippen LogP contribution in [-0.4, -0.2) is 13.6 Å². The molecule has 0 atom stereocenters. The Bertz CT molecular complexity index is 966. The molecule has 0 unspecified atom stereocenters. The van der Waals surface area contributed by atoms with Crippen LogP contribution in [0.3, 0.4) is 0 Å². The number of halogens is 2. The van der Waals surface area contributed by atoms with Crippen LogP contribution in [0.5, 0.6) is 0 Å². The third kappa shape index (κ3) is 3.36. The summed E-state index contributed by atoms with van der Waals surface area (Å²) >= 11 is 12.7. The number of thiophene rings is 1. The fraction of sp³-hybridized carbons (Fsp3) is 0.133. The van der Waals surface area contributed by atoms with Gasteiger partial charge in [-0.1, -0.05) is 58.7 Å². The number of benzene rings is 1. The van der Waals surface area contributed by atoms with Gasteiger partial charge in [0.25, 0.3) is 10.0 Å². The normalized spacial score (nSPS) is 11.8. The van der Waals surface area contributed by atoms with Gasteiger partial charge in [-0.2, -0.15) is 0 Å². The van der Waals surface area contributed by atoms with Gasteiger partial charge in [-0.15, -0.1) is 11.3 Å². The van der Waals surface area contributed by atoms with Gasteiger partial charge >= 0.3 is 0 Å². The first-order chi connectivity index (χ1) is 11.4.